The van der Waals surface area contributed by atoms with Crippen molar-refractivity contribution >= 4 is 34.4 Å². The van der Waals surface area contributed by atoms with Crippen molar-refractivity contribution in [3.05, 3.63) is 82.1 Å². The zero-order valence-electron chi connectivity index (χ0n) is 22.4. The zero-order valence-corrected chi connectivity index (χ0v) is 22.4. The van der Waals surface area contributed by atoms with E-state index in [1.54, 1.807) is 0 Å². The van der Waals surface area contributed by atoms with E-state index in [2.05, 4.69) is 78.9 Å². The molecular weight excluding hydrogens is 454 g/mol. The molecule has 0 fully saturated rings. The summed E-state index contributed by atoms with van der Waals surface area (Å²) in [4.78, 5) is 8.12. The lowest BCUT2D eigenvalue weighted by atomic mass is 10.0. The average molecular weight is 494 g/mol. The second-order valence-corrected chi connectivity index (χ2v) is 10.3. The SMILES string of the molecule is CCOc1ccc2[nH]cc(CCCCCc3nccc(Nc4ccc5c(c4)=CCCC(C)C=5)c3C)c2c1. The van der Waals surface area contributed by atoms with E-state index in [1.807, 2.05) is 19.2 Å². The summed E-state index contributed by atoms with van der Waals surface area (Å²) in [7, 11) is 0. The minimum atomic E-state index is 0.636. The second kappa shape index (κ2) is 11.7. The van der Waals surface area contributed by atoms with Crippen molar-refractivity contribution in [1.82, 2.24) is 9.97 Å². The highest BCUT2D eigenvalue weighted by Gasteiger charge is 2.09. The van der Waals surface area contributed by atoms with Gasteiger partial charge in [-0.15, -0.1) is 0 Å². The lowest BCUT2D eigenvalue weighted by Crippen LogP contribution is -2.24. The zero-order chi connectivity index (χ0) is 25.6. The van der Waals surface area contributed by atoms with Gasteiger partial charge >= 0.3 is 0 Å². The number of pyridine rings is 1. The first-order valence-electron chi connectivity index (χ1n) is 13.9. The summed E-state index contributed by atoms with van der Waals surface area (Å²) in [6, 6.07) is 15.1. The molecule has 4 nitrogen and oxygen atoms in total. The van der Waals surface area contributed by atoms with Crippen LogP contribution < -0.4 is 20.5 Å². The summed E-state index contributed by atoms with van der Waals surface area (Å²) < 4.78 is 5.69. The van der Waals surface area contributed by atoms with Gasteiger partial charge in [0.15, 0.2) is 0 Å². The van der Waals surface area contributed by atoms with Crippen LogP contribution in [0.2, 0.25) is 0 Å². The number of ether oxygens (including phenoxy) is 1. The van der Waals surface area contributed by atoms with Crippen LogP contribution >= 0.6 is 0 Å². The standard InChI is InChI=1S/C33H39N3O/c1-4-37-29-15-16-33-30(21-29)27(22-35-33)10-6-5-7-12-31-24(3)32(17-18-34-31)36-28-14-13-26-19-23(2)9-8-11-25(26)20-28/h11,13-23,35H,4-10,12H2,1-3H3,(H,34,36). The number of aryl methyl sites for hydroxylation is 2. The van der Waals surface area contributed by atoms with Gasteiger partial charge in [0.05, 0.1) is 6.61 Å². The van der Waals surface area contributed by atoms with Gasteiger partial charge in [0.1, 0.15) is 5.75 Å². The number of anilines is 2. The molecule has 0 saturated carbocycles. The fourth-order valence-corrected chi connectivity index (χ4v) is 5.40. The van der Waals surface area contributed by atoms with Crippen LogP contribution in [0.15, 0.2) is 54.9 Å². The van der Waals surface area contributed by atoms with Gasteiger partial charge in [-0.1, -0.05) is 31.6 Å². The Morgan fingerprint density at radius 3 is 2.81 bits per heavy atom. The molecule has 4 heteroatoms. The number of aromatic amines is 1. The smallest absolute Gasteiger partial charge is 0.120 e. The highest BCUT2D eigenvalue weighted by molar-refractivity contribution is 5.84. The molecule has 2 N–H and O–H groups in total. The lowest BCUT2D eigenvalue weighted by Gasteiger charge is -2.13. The Balaban J connectivity index is 1.18. The molecule has 2 heterocycles. The van der Waals surface area contributed by atoms with Crippen LogP contribution in [0.25, 0.3) is 23.1 Å². The maximum Gasteiger partial charge on any atom is 0.120 e. The minimum absolute atomic E-state index is 0.636. The molecule has 2 aromatic carbocycles. The molecule has 0 radical (unpaired) electrons. The summed E-state index contributed by atoms with van der Waals surface area (Å²) in [5.41, 5.74) is 7.30. The third-order valence-electron chi connectivity index (χ3n) is 7.53. The molecule has 0 aliphatic heterocycles. The van der Waals surface area contributed by atoms with Crippen molar-refractivity contribution in [3.8, 4) is 5.75 Å². The third kappa shape index (κ3) is 6.07. The molecule has 1 aliphatic carbocycles. The maximum atomic E-state index is 5.69. The third-order valence-corrected chi connectivity index (χ3v) is 7.53. The van der Waals surface area contributed by atoms with E-state index < -0.39 is 0 Å². The molecular formula is C33H39N3O. The van der Waals surface area contributed by atoms with Gasteiger partial charge < -0.3 is 15.0 Å². The molecule has 1 unspecified atom stereocenters. The molecule has 192 valence electrons. The van der Waals surface area contributed by atoms with Gasteiger partial charge in [-0.25, -0.2) is 0 Å². The van der Waals surface area contributed by atoms with Crippen LogP contribution in [-0.2, 0) is 12.8 Å². The number of hydrogen-bond acceptors (Lipinski definition) is 3. The van der Waals surface area contributed by atoms with Crippen LogP contribution in [0.5, 0.6) is 5.75 Å². The Kier molecular flexibility index (Phi) is 7.93. The molecule has 1 atom stereocenters. The number of aromatic nitrogens is 2. The van der Waals surface area contributed by atoms with E-state index in [4.69, 9.17) is 9.72 Å². The number of H-pyrrole nitrogens is 1. The molecule has 0 saturated heterocycles. The van der Waals surface area contributed by atoms with Crippen molar-refractivity contribution in [2.24, 2.45) is 5.92 Å². The first kappa shape index (κ1) is 25.1. The fraction of sp³-hybridized carbons (Fsp3) is 0.364. The van der Waals surface area contributed by atoms with Crippen LogP contribution in [0.4, 0.5) is 11.4 Å². The van der Waals surface area contributed by atoms with Gasteiger partial charge in [-0.05, 0) is 116 Å². The molecule has 5 rings (SSSR count). The van der Waals surface area contributed by atoms with E-state index in [0.29, 0.717) is 12.5 Å². The van der Waals surface area contributed by atoms with Crippen molar-refractivity contribution in [1.29, 1.82) is 0 Å². The first-order chi connectivity index (χ1) is 18.1. The number of benzene rings is 2. The Labute approximate surface area is 220 Å². The summed E-state index contributed by atoms with van der Waals surface area (Å²) in [6.07, 6.45) is 16.8. The van der Waals surface area contributed by atoms with Crippen molar-refractivity contribution in [3.63, 3.8) is 0 Å². The van der Waals surface area contributed by atoms with Gasteiger partial charge in [-0.3, -0.25) is 4.98 Å². The van der Waals surface area contributed by atoms with Crippen molar-refractivity contribution < 1.29 is 4.74 Å². The topological polar surface area (TPSA) is 49.9 Å². The summed E-state index contributed by atoms with van der Waals surface area (Å²) >= 11 is 0. The number of nitrogens with one attached hydrogen (secondary N) is 2. The Bertz CT molecular complexity index is 1480. The van der Waals surface area contributed by atoms with Gasteiger partial charge in [-0.2, -0.15) is 0 Å². The molecule has 37 heavy (non-hydrogen) atoms. The number of fused-ring (bicyclic) bond motifs is 2. The number of hydrogen-bond donors (Lipinski definition) is 2. The molecule has 2 aromatic heterocycles. The monoisotopic (exact) mass is 493 g/mol. The maximum absolute atomic E-state index is 5.69. The molecule has 0 amide bonds. The molecule has 0 bridgehead atoms. The van der Waals surface area contributed by atoms with E-state index in [0.717, 1.165) is 42.8 Å². The van der Waals surface area contributed by atoms with Gasteiger partial charge in [0.25, 0.3) is 0 Å². The highest BCUT2D eigenvalue weighted by Crippen LogP contribution is 2.26. The van der Waals surface area contributed by atoms with Crippen molar-refractivity contribution in [2.45, 2.75) is 65.7 Å². The fourth-order valence-electron chi connectivity index (χ4n) is 5.40. The van der Waals surface area contributed by atoms with E-state index in [-0.39, 0.29) is 0 Å². The van der Waals surface area contributed by atoms with Crippen LogP contribution in [0, 0.1) is 12.8 Å². The Morgan fingerprint density at radius 1 is 1.03 bits per heavy atom. The highest BCUT2D eigenvalue weighted by atomic mass is 16.5. The first-order valence-corrected chi connectivity index (χ1v) is 13.9. The quantitative estimate of drug-likeness (QED) is 0.235. The van der Waals surface area contributed by atoms with E-state index in [1.165, 1.54) is 57.4 Å². The number of nitrogens with zero attached hydrogens (tertiary/aromatic N) is 1. The predicted molar refractivity (Wildman–Crippen MR) is 156 cm³/mol. The predicted octanol–water partition coefficient (Wildman–Crippen LogP) is 6.96. The van der Waals surface area contributed by atoms with Crippen molar-refractivity contribution in [2.75, 3.05) is 11.9 Å². The molecule has 0 spiro atoms. The summed E-state index contributed by atoms with van der Waals surface area (Å²) in [5, 5.41) is 7.63. The van der Waals surface area contributed by atoms with Crippen LogP contribution in [0.3, 0.4) is 0 Å². The lowest BCUT2D eigenvalue weighted by molar-refractivity contribution is 0.340. The number of rotatable bonds is 10. The molecule has 1 aliphatic rings. The van der Waals surface area contributed by atoms with Crippen LogP contribution in [0.1, 0.15) is 62.8 Å². The normalized spacial score (nSPS) is 14.9. The average Bonchev–Trinajstić information content (AvgIpc) is 3.19. The van der Waals surface area contributed by atoms with E-state index in [9.17, 15) is 0 Å². The van der Waals surface area contributed by atoms with Gasteiger partial charge in [0, 0.05) is 40.4 Å². The number of unbranched alkanes of at least 4 members (excludes halogenated alkanes) is 2. The summed E-state index contributed by atoms with van der Waals surface area (Å²) in [5.74, 6) is 1.58. The van der Waals surface area contributed by atoms with E-state index >= 15 is 0 Å². The minimum Gasteiger partial charge on any atom is -0.494 e. The van der Waals surface area contributed by atoms with Gasteiger partial charge in [0.2, 0.25) is 0 Å². The second-order valence-electron chi connectivity index (χ2n) is 10.3. The molecule has 4 aromatic rings. The Hall–Kier alpha value is -3.53. The Morgan fingerprint density at radius 2 is 1.92 bits per heavy atom. The largest absolute Gasteiger partial charge is 0.494 e. The van der Waals surface area contributed by atoms with Crippen LogP contribution in [-0.4, -0.2) is 16.6 Å². The summed E-state index contributed by atoms with van der Waals surface area (Å²) in [6.45, 7) is 7.21.